The average molecular weight is 162 g/mol. The van der Waals surface area contributed by atoms with Crippen molar-refractivity contribution in [1.29, 1.82) is 0 Å². The van der Waals surface area contributed by atoms with E-state index in [9.17, 15) is 0 Å². The van der Waals surface area contributed by atoms with E-state index in [1.54, 1.807) is 0 Å². The van der Waals surface area contributed by atoms with Crippen LogP contribution in [0.15, 0.2) is 0 Å². The number of ether oxygens (including phenoxy) is 1. The third-order valence-corrected chi connectivity index (χ3v) is 4.59. The van der Waals surface area contributed by atoms with Crippen LogP contribution in [0, 0.1) is 0 Å². The zero-order chi connectivity index (χ0) is 6.10. The molecule has 0 bridgehead atoms. The van der Waals surface area contributed by atoms with Gasteiger partial charge < -0.3 is 4.74 Å². The van der Waals surface area contributed by atoms with E-state index in [0.29, 0.717) is 6.10 Å². The Morgan fingerprint density at radius 1 is 1.56 bits per heavy atom. The van der Waals surface area contributed by atoms with Gasteiger partial charge in [0, 0.05) is 22.5 Å². The molecule has 0 aromatic heterocycles. The number of hydrogen-bond acceptors (Lipinski definition) is 3. The van der Waals surface area contributed by atoms with Gasteiger partial charge in [-0.2, -0.15) is 23.5 Å². The predicted octanol–water partition coefficient (Wildman–Crippen LogP) is 1.23. The highest BCUT2D eigenvalue weighted by Crippen LogP contribution is 2.31. The standard InChI is InChI=1S/C6H10OS2/c1-5(7-1)2-9-6-3-8-4-6/h5-6H,1-4H2. The van der Waals surface area contributed by atoms with E-state index in [4.69, 9.17) is 4.74 Å². The van der Waals surface area contributed by atoms with Crippen LogP contribution < -0.4 is 0 Å². The van der Waals surface area contributed by atoms with Crippen LogP contribution in [-0.2, 0) is 4.74 Å². The molecule has 2 aliphatic rings. The van der Waals surface area contributed by atoms with E-state index >= 15 is 0 Å². The summed E-state index contributed by atoms with van der Waals surface area (Å²) in [7, 11) is 0. The van der Waals surface area contributed by atoms with Crippen LogP contribution in [-0.4, -0.2) is 35.2 Å². The van der Waals surface area contributed by atoms with Crippen molar-refractivity contribution in [2.24, 2.45) is 0 Å². The fourth-order valence-corrected chi connectivity index (χ4v) is 3.17. The second-order valence-electron chi connectivity index (χ2n) is 2.45. The predicted molar refractivity (Wildman–Crippen MR) is 43.3 cm³/mol. The van der Waals surface area contributed by atoms with Gasteiger partial charge >= 0.3 is 0 Å². The Hall–Kier alpha value is 0.660. The maximum Gasteiger partial charge on any atom is 0.0900 e. The summed E-state index contributed by atoms with van der Waals surface area (Å²) in [4.78, 5) is 0. The second kappa shape index (κ2) is 2.72. The molecule has 9 heavy (non-hydrogen) atoms. The summed E-state index contributed by atoms with van der Waals surface area (Å²) >= 11 is 4.14. The molecule has 0 radical (unpaired) electrons. The molecule has 2 saturated heterocycles. The summed E-state index contributed by atoms with van der Waals surface area (Å²) in [5.41, 5.74) is 0. The van der Waals surface area contributed by atoms with Crippen molar-refractivity contribution in [2.45, 2.75) is 11.4 Å². The van der Waals surface area contributed by atoms with Crippen molar-refractivity contribution >= 4 is 23.5 Å². The van der Waals surface area contributed by atoms with Crippen LogP contribution in [0.5, 0.6) is 0 Å². The van der Waals surface area contributed by atoms with Gasteiger partial charge in [-0.1, -0.05) is 0 Å². The largest absolute Gasteiger partial charge is 0.372 e. The van der Waals surface area contributed by atoms with Gasteiger partial charge in [-0.3, -0.25) is 0 Å². The Bertz CT molecular complexity index is 99.2. The molecule has 3 heteroatoms. The molecule has 0 aromatic rings. The first-order chi connectivity index (χ1) is 4.45. The summed E-state index contributed by atoms with van der Waals surface area (Å²) in [5, 5.41) is 0.958. The highest BCUT2D eigenvalue weighted by Gasteiger charge is 2.26. The van der Waals surface area contributed by atoms with Crippen LogP contribution >= 0.6 is 23.5 Å². The SMILES string of the molecule is C1OC1CSC1CSC1. The van der Waals surface area contributed by atoms with Crippen LogP contribution in [0.2, 0.25) is 0 Å². The Labute approximate surface area is 63.9 Å². The molecule has 0 aliphatic carbocycles. The lowest BCUT2D eigenvalue weighted by atomic mass is 10.5. The molecule has 0 N–H and O–H groups in total. The molecule has 2 fully saturated rings. The summed E-state index contributed by atoms with van der Waals surface area (Å²) in [6.45, 7) is 1.02. The van der Waals surface area contributed by atoms with Crippen LogP contribution in [0.4, 0.5) is 0 Å². The lowest BCUT2D eigenvalue weighted by Crippen LogP contribution is -2.21. The van der Waals surface area contributed by atoms with Gasteiger partial charge in [0.25, 0.3) is 0 Å². The Kier molecular flexibility index (Phi) is 1.93. The first kappa shape index (κ1) is 6.38. The molecule has 1 nitrogen and oxygen atoms in total. The van der Waals surface area contributed by atoms with Crippen LogP contribution in [0.25, 0.3) is 0 Å². The summed E-state index contributed by atoms with van der Waals surface area (Å²) in [6.07, 6.45) is 0.626. The van der Waals surface area contributed by atoms with E-state index < -0.39 is 0 Å². The van der Waals surface area contributed by atoms with Gasteiger partial charge in [0.15, 0.2) is 0 Å². The quantitative estimate of drug-likeness (QED) is 0.579. The molecular formula is C6H10OS2. The molecule has 52 valence electrons. The lowest BCUT2D eigenvalue weighted by Gasteiger charge is -2.23. The zero-order valence-corrected chi connectivity index (χ0v) is 6.84. The molecule has 2 rings (SSSR count). The van der Waals surface area contributed by atoms with Gasteiger partial charge in [0.1, 0.15) is 0 Å². The highest BCUT2D eigenvalue weighted by atomic mass is 32.2. The minimum atomic E-state index is 0.626. The fraction of sp³-hybridized carbons (Fsp3) is 1.00. The first-order valence-electron chi connectivity index (χ1n) is 3.26. The van der Waals surface area contributed by atoms with Gasteiger partial charge in [0.05, 0.1) is 12.7 Å². The number of thioether (sulfide) groups is 2. The fourth-order valence-electron chi connectivity index (χ4n) is 0.718. The molecular weight excluding hydrogens is 152 g/mol. The van der Waals surface area contributed by atoms with Gasteiger partial charge in [0.2, 0.25) is 0 Å². The van der Waals surface area contributed by atoms with Crippen molar-refractivity contribution in [2.75, 3.05) is 23.9 Å². The third kappa shape index (κ3) is 1.79. The van der Waals surface area contributed by atoms with Gasteiger partial charge in [-0.05, 0) is 0 Å². The topological polar surface area (TPSA) is 12.5 Å². The van der Waals surface area contributed by atoms with Crippen molar-refractivity contribution in [3.8, 4) is 0 Å². The number of rotatable bonds is 3. The minimum absolute atomic E-state index is 0.626. The molecule has 1 unspecified atom stereocenters. The highest BCUT2D eigenvalue weighted by molar-refractivity contribution is 8.07. The van der Waals surface area contributed by atoms with Crippen molar-refractivity contribution in [3.05, 3.63) is 0 Å². The van der Waals surface area contributed by atoms with Crippen LogP contribution in [0.3, 0.4) is 0 Å². The van der Waals surface area contributed by atoms with E-state index in [1.807, 2.05) is 0 Å². The first-order valence-corrected chi connectivity index (χ1v) is 5.46. The Balaban J connectivity index is 1.55. The zero-order valence-electron chi connectivity index (χ0n) is 5.21. The Morgan fingerprint density at radius 3 is 2.78 bits per heavy atom. The summed E-state index contributed by atoms with van der Waals surface area (Å²) in [6, 6.07) is 0. The molecule has 0 aromatic carbocycles. The van der Waals surface area contributed by atoms with E-state index in [2.05, 4.69) is 23.5 Å². The number of hydrogen-bond donors (Lipinski definition) is 0. The maximum atomic E-state index is 5.10. The van der Waals surface area contributed by atoms with Crippen molar-refractivity contribution in [3.63, 3.8) is 0 Å². The monoisotopic (exact) mass is 162 g/mol. The Morgan fingerprint density at radius 2 is 2.33 bits per heavy atom. The van der Waals surface area contributed by atoms with Crippen molar-refractivity contribution < 1.29 is 4.74 Å². The lowest BCUT2D eigenvalue weighted by molar-refractivity contribution is 0.426. The maximum absolute atomic E-state index is 5.10. The summed E-state index contributed by atoms with van der Waals surface area (Å²) < 4.78 is 5.10. The van der Waals surface area contributed by atoms with E-state index in [0.717, 1.165) is 11.9 Å². The third-order valence-electron chi connectivity index (χ3n) is 1.53. The number of epoxide rings is 1. The molecule has 1 atom stereocenters. The average Bonchev–Trinajstić information content (AvgIpc) is 2.44. The molecule has 2 aliphatic heterocycles. The van der Waals surface area contributed by atoms with E-state index in [1.165, 1.54) is 17.3 Å². The normalized spacial score (nSPS) is 34.0. The van der Waals surface area contributed by atoms with Gasteiger partial charge in [-0.25, -0.2) is 0 Å². The van der Waals surface area contributed by atoms with E-state index in [-0.39, 0.29) is 0 Å². The second-order valence-corrected chi connectivity index (χ2v) is 4.86. The molecule has 2 heterocycles. The molecule has 0 spiro atoms. The minimum Gasteiger partial charge on any atom is -0.372 e. The summed E-state index contributed by atoms with van der Waals surface area (Å²) in [5.74, 6) is 3.99. The van der Waals surface area contributed by atoms with Crippen molar-refractivity contribution in [1.82, 2.24) is 0 Å². The molecule has 0 saturated carbocycles. The smallest absolute Gasteiger partial charge is 0.0900 e. The van der Waals surface area contributed by atoms with Gasteiger partial charge in [-0.15, -0.1) is 0 Å². The molecule has 0 amide bonds. The van der Waals surface area contributed by atoms with Crippen LogP contribution in [0.1, 0.15) is 0 Å².